The van der Waals surface area contributed by atoms with Crippen LogP contribution < -0.4 is 5.32 Å². The molecule has 0 bridgehead atoms. The Morgan fingerprint density at radius 2 is 1.88 bits per heavy atom. The molecule has 0 saturated heterocycles. The minimum absolute atomic E-state index is 0.187. The Balaban J connectivity index is 2.40. The van der Waals surface area contributed by atoms with Crippen LogP contribution in [0.3, 0.4) is 0 Å². The fourth-order valence-corrected chi connectivity index (χ4v) is 1.63. The summed E-state index contributed by atoms with van der Waals surface area (Å²) in [4.78, 5) is 0. The zero-order valence-corrected chi connectivity index (χ0v) is 9.98. The Kier molecular flexibility index (Phi) is 5.29. The number of hydrogen-bond donors (Lipinski definition) is 3. The molecule has 0 aliphatic carbocycles. The van der Waals surface area contributed by atoms with Gasteiger partial charge in [0, 0.05) is 12.6 Å². The standard InChI is InChI=1S/C13H21NO2/c1-3-4-13(16)9-14-10(2)11-5-7-12(15)8-6-11/h5-8,10,13-16H,3-4,9H2,1-2H3. The van der Waals surface area contributed by atoms with Crippen molar-refractivity contribution >= 4 is 0 Å². The first kappa shape index (κ1) is 13.0. The molecular weight excluding hydrogens is 202 g/mol. The van der Waals surface area contributed by atoms with Crippen molar-refractivity contribution < 1.29 is 10.2 Å². The average Bonchev–Trinajstić information content (AvgIpc) is 2.27. The SMILES string of the molecule is CCCC(O)CNC(C)c1ccc(O)cc1. The third-order valence-corrected chi connectivity index (χ3v) is 2.67. The van der Waals surface area contributed by atoms with Gasteiger partial charge in [-0.15, -0.1) is 0 Å². The van der Waals surface area contributed by atoms with E-state index in [0.717, 1.165) is 18.4 Å². The van der Waals surface area contributed by atoms with E-state index in [1.165, 1.54) is 0 Å². The van der Waals surface area contributed by atoms with Gasteiger partial charge in [0.1, 0.15) is 5.75 Å². The lowest BCUT2D eigenvalue weighted by Gasteiger charge is -2.17. The number of phenolic OH excluding ortho intramolecular Hbond substituents is 1. The minimum Gasteiger partial charge on any atom is -0.508 e. The van der Waals surface area contributed by atoms with Gasteiger partial charge in [0.25, 0.3) is 0 Å². The Hall–Kier alpha value is -1.06. The molecule has 0 radical (unpaired) electrons. The summed E-state index contributed by atoms with van der Waals surface area (Å²) in [7, 11) is 0. The van der Waals surface area contributed by atoms with E-state index in [9.17, 15) is 5.11 Å². The second kappa shape index (κ2) is 6.51. The maximum absolute atomic E-state index is 9.59. The van der Waals surface area contributed by atoms with Crippen LogP contribution in [0.5, 0.6) is 5.75 Å². The highest BCUT2D eigenvalue weighted by molar-refractivity contribution is 5.27. The predicted molar refractivity (Wildman–Crippen MR) is 65.4 cm³/mol. The molecule has 0 aromatic heterocycles. The van der Waals surface area contributed by atoms with E-state index in [-0.39, 0.29) is 17.9 Å². The normalized spacial score (nSPS) is 14.7. The smallest absolute Gasteiger partial charge is 0.115 e. The molecule has 3 heteroatoms. The molecule has 0 spiro atoms. The van der Waals surface area contributed by atoms with Crippen LogP contribution in [0.2, 0.25) is 0 Å². The zero-order chi connectivity index (χ0) is 12.0. The van der Waals surface area contributed by atoms with Crippen molar-refractivity contribution in [1.29, 1.82) is 0 Å². The number of aliphatic hydroxyl groups excluding tert-OH is 1. The molecule has 0 aliphatic heterocycles. The molecule has 1 aromatic carbocycles. The van der Waals surface area contributed by atoms with E-state index in [1.807, 2.05) is 19.1 Å². The van der Waals surface area contributed by atoms with Gasteiger partial charge in [-0.05, 0) is 31.0 Å². The summed E-state index contributed by atoms with van der Waals surface area (Å²) in [5, 5.41) is 22.0. The van der Waals surface area contributed by atoms with Crippen LogP contribution in [0.15, 0.2) is 24.3 Å². The maximum atomic E-state index is 9.59. The van der Waals surface area contributed by atoms with Gasteiger partial charge in [-0.2, -0.15) is 0 Å². The number of benzene rings is 1. The van der Waals surface area contributed by atoms with Gasteiger partial charge in [0.15, 0.2) is 0 Å². The lowest BCUT2D eigenvalue weighted by Crippen LogP contribution is -2.28. The van der Waals surface area contributed by atoms with Crippen LogP contribution in [0.4, 0.5) is 0 Å². The van der Waals surface area contributed by atoms with Crippen LogP contribution in [0, 0.1) is 0 Å². The van der Waals surface area contributed by atoms with Crippen molar-refractivity contribution in [2.24, 2.45) is 0 Å². The third kappa shape index (κ3) is 4.21. The van der Waals surface area contributed by atoms with Crippen LogP contribution in [-0.2, 0) is 0 Å². The highest BCUT2D eigenvalue weighted by Gasteiger charge is 2.07. The average molecular weight is 223 g/mol. The molecular formula is C13H21NO2. The van der Waals surface area contributed by atoms with E-state index in [0.29, 0.717) is 6.54 Å². The molecule has 3 nitrogen and oxygen atoms in total. The van der Waals surface area contributed by atoms with Gasteiger partial charge in [-0.1, -0.05) is 25.5 Å². The topological polar surface area (TPSA) is 52.5 Å². The summed E-state index contributed by atoms with van der Waals surface area (Å²) in [5.74, 6) is 0.280. The summed E-state index contributed by atoms with van der Waals surface area (Å²) in [5.41, 5.74) is 1.11. The van der Waals surface area contributed by atoms with Gasteiger partial charge >= 0.3 is 0 Å². The Labute approximate surface area is 97.1 Å². The summed E-state index contributed by atoms with van der Waals surface area (Å²) in [6.07, 6.45) is 1.55. The Morgan fingerprint density at radius 1 is 1.25 bits per heavy atom. The van der Waals surface area contributed by atoms with Gasteiger partial charge < -0.3 is 15.5 Å². The summed E-state index contributed by atoms with van der Waals surface area (Å²) >= 11 is 0. The van der Waals surface area contributed by atoms with E-state index in [2.05, 4.69) is 12.2 Å². The molecule has 0 saturated carbocycles. The van der Waals surface area contributed by atoms with Gasteiger partial charge in [-0.25, -0.2) is 0 Å². The highest BCUT2D eigenvalue weighted by Crippen LogP contribution is 2.16. The third-order valence-electron chi connectivity index (χ3n) is 2.67. The molecule has 1 aromatic rings. The molecule has 0 amide bonds. The molecule has 0 aliphatic rings. The second-order valence-electron chi connectivity index (χ2n) is 4.16. The van der Waals surface area contributed by atoms with E-state index < -0.39 is 0 Å². The Morgan fingerprint density at radius 3 is 2.44 bits per heavy atom. The number of aromatic hydroxyl groups is 1. The van der Waals surface area contributed by atoms with Crippen LogP contribution in [0.1, 0.15) is 38.3 Å². The largest absolute Gasteiger partial charge is 0.508 e. The predicted octanol–water partition coefficient (Wildman–Crippen LogP) is 2.20. The molecule has 3 N–H and O–H groups in total. The van der Waals surface area contributed by atoms with E-state index in [4.69, 9.17) is 5.11 Å². The fraction of sp³-hybridized carbons (Fsp3) is 0.538. The summed E-state index contributed by atoms with van der Waals surface area (Å²) in [6, 6.07) is 7.32. The number of phenols is 1. The lowest BCUT2D eigenvalue weighted by atomic mass is 10.1. The van der Waals surface area contributed by atoms with Crippen molar-refractivity contribution in [2.45, 2.75) is 38.8 Å². The number of hydrogen-bond acceptors (Lipinski definition) is 3. The fourth-order valence-electron chi connectivity index (χ4n) is 1.63. The van der Waals surface area contributed by atoms with Crippen molar-refractivity contribution in [3.8, 4) is 5.75 Å². The lowest BCUT2D eigenvalue weighted by molar-refractivity contribution is 0.157. The highest BCUT2D eigenvalue weighted by atomic mass is 16.3. The monoisotopic (exact) mass is 223 g/mol. The molecule has 0 fully saturated rings. The summed E-state index contributed by atoms with van der Waals surface area (Å²) in [6.45, 7) is 4.72. The first-order chi connectivity index (χ1) is 7.63. The van der Waals surface area contributed by atoms with Crippen LogP contribution in [0.25, 0.3) is 0 Å². The van der Waals surface area contributed by atoms with Crippen LogP contribution in [-0.4, -0.2) is 22.9 Å². The molecule has 2 unspecified atom stereocenters. The summed E-state index contributed by atoms with van der Waals surface area (Å²) < 4.78 is 0. The zero-order valence-electron chi connectivity index (χ0n) is 9.98. The molecule has 1 rings (SSSR count). The maximum Gasteiger partial charge on any atom is 0.115 e. The first-order valence-electron chi connectivity index (χ1n) is 5.84. The van der Waals surface area contributed by atoms with E-state index >= 15 is 0 Å². The molecule has 0 heterocycles. The van der Waals surface area contributed by atoms with Crippen LogP contribution >= 0.6 is 0 Å². The molecule has 90 valence electrons. The molecule has 2 atom stereocenters. The van der Waals surface area contributed by atoms with Crippen molar-refractivity contribution in [1.82, 2.24) is 5.32 Å². The number of rotatable bonds is 6. The van der Waals surface area contributed by atoms with E-state index in [1.54, 1.807) is 12.1 Å². The first-order valence-corrected chi connectivity index (χ1v) is 5.84. The second-order valence-corrected chi connectivity index (χ2v) is 4.16. The Bertz CT molecular complexity index is 297. The minimum atomic E-state index is -0.274. The molecule has 16 heavy (non-hydrogen) atoms. The number of aliphatic hydroxyl groups is 1. The van der Waals surface area contributed by atoms with Crippen molar-refractivity contribution in [3.63, 3.8) is 0 Å². The van der Waals surface area contributed by atoms with Crippen molar-refractivity contribution in [2.75, 3.05) is 6.54 Å². The van der Waals surface area contributed by atoms with Gasteiger partial charge in [0.2, 0.25) is 0 Å². The van der Waals surface area contributed by atoms with Gasteiger partial charge in [0.05, 0.1) is 6.10 Å². The van der Waals surface area contributed by atoms with Gasteiger partial charge in [-0.3, -0.25) is 0 Å². The van der Waals surface area contributed by atoms with Crippen molar-refractivity contribution in [3.05, 3.63) is 29.8 Å². The number of nitrogens with one attached hydrogen (secondary N) is 1. The quantitative estimate of drug-likeness (QED) is 0.693.